The minimum Gasteiger partial charge on any atom is -0.469 e. The van der Waals surface area contributed by atoms with Crippen LogP contribution in [0.5, 0.6) is 0 Å². The van der Waals surface area contributed by atoms with E-state index in [9.17, 15) is 4.79 Å². The van der Waals surface area contributed by atoms with E-state index < -0.39 is 0 Å². The molecule has 1 atom stereocenters. The van der Waals surface area contributed by atoms with Crippen molar-refractivity contribution >= 4 is 17.3 Å². The van der Waals surface area contributed by atoms with E-state index in [2.05, 4.69) is 34.3 Å². The normalized spacial score (nSPS) is 16.0. The topological polar surface area (TPSA) is 64.3 Å². The van der Waals surface area contributed by atoms with Crippen molar-refractivity contribution in [1.82, 2.24) is 0 Å². The highest BCUT2D eigenvalue weighted by Gasteiger charge is 2.22. The molecule has 0 bridgehead atoms. The monoisotopic (exact) mass is 310 g/mol. The molecule has 2 aromatic carbocycles. The summed E-state index contributed by atoms with van der Waals surface area (Å²) < 4.78 is 4.67. The zero-order valence-corrected chi connectivity index (χ0v) is 13.3. The highest BCUT2D eigenvalue weighted by molar-refractivity contribution is 5.71. The number of benzene rings is 2. The lowest BCUT2D eigenvalue weighted by Crippen LogP contribution is -2.09. The number of hydrogen-bond acceptors (Lipinski definition) is 4. The molecular weight excluding hydrogens is 288 g/mol. The predicted molar refractivity (Wildman–Crippen MR) is 92.3 cm³/mol. The van der Waals surface area contributed by atoms with E-state index >= 15 is 0 Å². The van der Waals surface area contributed by atoms with Gasteiger partial charge in [-0.3, -0.25) is 4.79 Å². The molecule has 4 heteroatoms. The molecule has 0 aromatic heterocycles. The Hall–Kier alpha value is -2.49. The van der Waals surface area contributed by atoms with E-state index in [4.69, 9.17) is 5.73 Å². The average Bonchev–Trinajstić information content (AvgIpc) is 2.98. The van der Waals surface area contributed by atoms with Gasteiger partial charge in [-0.1, -0.05) is 30.3 Å². The van der Waals surface area contributed by atoms with Gasteiger partial charge in [0, 0.05) is 6.42 Å². The van der Waals surface area contributed by atoms with Gasteiger partial charge in [-0.2, -0.15) is 0 Å². The minimum atomic E-state index is -0.201. The van der Waals surface area contributed by atoms with Crippen LogP contribution in [0.15, 0.2) is 42.5 Å². The van der Waals surface area contributed by atoms with Crippen molar-refractivity contribution in [2.24, 2.45) is 0 Å². The lowest BCUT2D eigenvalue weighted by atomic mass is 10.1. The van der Waals surface area contributed by atoms with Crippen LogP contribution in [0, 0.1) is 0 Å². The molecule has 0 amide bonds. The van der Waals surface area contributed by atoms with Gasteiger partial charge in [-0.05, 0) is 48.1 Å². The van der Waals surface area contributed by atoms with Crippen LogP contribution in [-0.4, -0.2) is 13.1 Å². The highest BCUT2D eigenvalue weighted by Crippen LogP contribution is 2.35. The molecule has 3 N–H and O–H groups in total. The van der Waals surface area contributed by atoms with Gasteiger partial charge in [-0.15, -0.1) is 0 Å². The standard InChI is InChI=1S/C19H22N2O2/c1-23-19(22)11-7-13-6-9-18(16(20)12-13)21-17-10-8-14-4-2-3-5-15(14)17/h2-6,9,12,17,21H,7-8,10-11,20H2,1H3/t17-/m1/s1. The number of nitrogens with two attached hydrogens (primary N) is 1. The summed E-state index contributed by atoms with van der Waals surface area (Å²) in [5.74, 6) is -0.201. The van der Waals surface area contributed by atoms with Gasteiger partial charge in [0.05, 0.1) is 24.5 Å². The Morgan fingerprint density at radius 1 is 1.30 bits per heavy atom. The second-order valence-electron chi connectivity index (χ2n) is 5.93. The van der Waals surface area contributed by atoms with E-state index in [1.54, 1.807) is 0 Å². The molecule has 1 aliphatic carbocycles. The van der Waals surface area contributed by atoms with Crippen molar-refractivity contribution in [2.45, 2.75) is 31.7 Å². The maximum atomic E-state index is 11.2. The summed E-state index contributed by atoms with van der Waals surface area (Å²) >= 11 is 0. The van der Waals surface area contributed by atoms with E-state index in [0.717, 1.165) is 29.8 Å². The summed E-state index contributed by atoms with van der Waals surface area (Å²) in [6.45, 7) is 0. The Bertz CT molecular complexity index is 712. The number of carbonyl (C=O) groups is 1. The number of hydrogen-bond donors (Lipinski definition) is 2. The number of nitrogens with one attached hydrogen (secondary N) is 1. The van der Waals surface area contributed by atoms with Gasteiger partial charge in [0.15, 0.2) is 0 Å². The molecule has 2 aromatic rings. The predicted octanol–water partition coefficient (Wildman–Crippen LogP) is 3.47. The van der Waals surface area contributed by atoms with Crippen molar-refractivity contribution < 1.29 is 9.53 Å². The first-order valence-electron chi connectivity index (χ1n) is 7.97. The fourth-order valence-electron chi connectivity index (χ4n) is 3.14. The van der Waals surface area contributed by atoms with Crippen molar-refractivity contribution in [1.29, 1.82) is 0 Å². The van der Waals surface area contributed by atoms with Crippen molar-refractivity contribution in [2.75, 3.05) is 18.2 Å². The third-order valence-corrected chi connectivity index (χ3v) is 4.42. The molecule has 0 saturated heterocycles. The van der Waals surface area contributed by atoms with Gasteiger partial charge >= 0.3 is 5.97 Å². The zero-order chi connectivity index (χ0) is 16.2. The highest BCUT2D eigenvalue weighted by atomic mass is 16.5. The number of aryl methyl sites for hydroxylation is 2. The van der Waals surface area contributed by atoms with Crippen LogP contribution in [-0.2, 0) is 22.4 Å². The van der Waals surface area contributed by atoms with Gasteiger partial charge in [0.1, 0.15) is 0 Å². The van der Waals surface area contributed by atoms with Crippen molar-refractivity contribution in [3.63, 3.8) is 0 Å². The number of fused-ring (bicyclic) bond motifs is 1. The Kier molecular flexibility index (Phi) is 4.51. The molecule has 3 rings (SSSR count). The summed E-state index contributed by atoms with van der Waals surface area (Å²) in [6.07, 6.45) is 3.20. The fraction of sp³-hybridized carbons (Fsp3) is 0.316. The van der Waals surface area contributed by atoms with Crippen LogP contribution >= 0.6 is 0 Å². The van der Waals surface area contributed by atoms with Crippen molar-refractivity contribution in [3.05, 3.63) is 59.2 Å². The number of esters is 1. The van der Waals surface area contributed by atoms with E-state index in [1.165, 1.54) is 18.2 Å². The lowest BCUT2D eigenvalue weighted by molar-refractivity contribution is -0.140. The number of nitrogen functional groups attached to an aromatic ring is 1. The molecule has 4 nitrogen and oxygen atoms in total. The van der Waals surface area contributed by atoms with Gasteiger partial charge in [0.25, 0.3) is 0 Å². The Labute approximate surface area is 136 Å². The first-order valence-corrected chi connectivity index (χ1v) is 7.97. The maximum absolute atomic E-state index is 11.2. The Morgan fingerprint density at radius 2 is 2.13 bits per heavy atom. The second kappa shape index (κ2) is 6.73. The van der Waals surface area contributed by atoms with Crippen LogP contribution in [0.1, 0.15) is 35.6 Å². The third-order valence-electron chi connectivity index (χ3n) is 4.42. The molecule has 0 saturated carbocycles. The Balaban J connectivity index is 1.69. The minimum absolute atomic E-state index is 0.201. The van der Waals surface area contributed by atoms with Crippen LogP contribution < -0.4 is 11.1 Å². The SMILES string of the molecule is COC(=O)CCc1ccc(N[C@@H]2CCc3ccccc32)c(N)c1. The summed E-state index contributed by atoms with van der Waals surface area (Å²) in [4.78, 5) is 11.2. The molecule has 0 heterocycles. The summed E-state index contributed by atoms with van der Waals surface area (Å²) in [6, 6.07) is 14.8. The van der Waals surface area contributed by atoms with Gasteiger partial charge < -0.3 is 15.8 Å². The van der Waals surface area contributed by atoms with E-state index in [0.29, 0.717) is 18.9 Å². The second-order valence-corrected chi connectivity index (χ2v) is 5.93. The quantitative estimate of drug-likeness (QED) is 0.655. The number of methoxy groups -OCH3 is 1. The zero-order valence-electron chi connectivity index (χ0n) is 13.3. The van der Waals surface area contributed by atoms with Crippen molar-refractivity contribution in [3.8, 4) is 0 Å². The maximum Gasteiger partial charge on any atom is 0.305 e. The molecule has 0 spiro atoms. The summed E-state index contributed by atoms with van der Waals surface area (Å²) in [5.41, 5.74) is 11.7. The van der Waals surface area contributed by atoms with Crippen LogP contribution in [0.25, 0.3) is 0 Å². The first kappa shape index (κ1) is 15.4. The van der Waals surface area contributed by atoms with E-state index in [1.807, 2.05) is 18.2 Å². The molecule has 1 aliphatic rings. The fourth-order valence-corrected chi connectivity index (χ4v) is 3.14. The molecule has 0 radical (unpaired) electrons. The molecular formula is C19H22N2O2. The lowest BCUT2D eigenvalue weighted by Gasteiger charge is -2.17. The van der Waals surface area contributed by atoms with Gasteiger partial charge in [0.2, 0.25) is 0 Å². The molecule has 23 heavy (non-hydrogen) atoms. The summed E-state index contributed by atoms with van der Waals surface area (Å²) in [5, 5.41) is 3.55. The third kappa shape index (κ3) is 3.47. The molecule has 0 unspecified atom stereocenters. The Morgan fingerprint density at radius 3 is 2.91 bits per heavy atom. The van der Waals surface area contributed by atoms with Crippen LogP contribution in [0.2, 0.25) is 0 Å². The largest absolute Gasteiger partial charge is 0.469 e. The first-order chi connectivity index (χ1) is 11.2. The number of rotatable bonds is 5. The molecule has 0 fully saturated rings. The number of anilines is 2. The van der Waals surface area contributed by atoms with Crippen LogP contribution in [0.3, 0.4) is 0 Å². The molecule has 0 aliphatic heterocycles. The van der Waals surface area contributed by atoms with Crippen LogP contribution in [0.4, 0.5) is 11.4 Å². The summed E-state index contributed by atoms with van der Waals surface area (Å²) in [7, 11) is 1.41. The number of ether oxygens (including phenoxy) is 1. The number of carbonyl (C=O) groups excluding carboxylic acids is 1. The van der Waals surface area contributed by atoms with Gasteiger partial charge in [-0.25, -0.2) is 0 Å². The smallest absolute Gasteiger partial charge is 0.305 e. The van der Waals surface area contributed by atoms with E-state index in [-0.39, 0.29) is 5.97 Å². The average molecular weight is 310 g/mol. The molecule has 120 valence electrons.